The van der Waals surface area contributed by atoms with Crippen LogP contribution in [-0.4, -0.2) is 56.3 Å². The quantitative estimate of drug-likeness (QED) is 0.667. The van der Waals surface area contributed by atoms with Crippen LogP contribution in [0.25, 0.3) is 0 Å². The third kappa shape index (κ3) is 5.71. The highest BCUT2D eigenvalue weighted by Gasteiger charge is 2.22. The molecule has 0 aliphatic carbocycles. The molecule has 1 aliphatic rings. The van der Waals surface area contributed by atoms with Gasteiger partial charge in [-0.1, -0.05) is 30.3 Å². The number of hydrogen-bond donors (Lipinski definition) is 0. The lowest BCUT2D eigenvalue weighted by molar-refractivity contribution is -0.141. The van der Waals surface area contributed by atoms with Crippen molar-refractivity contribution in [2.75, 3.05) is 33.4 Å². The van der Waals surface area contributed by atoms with E-state index in [1.165, 1.54) is 7.11 Å². The molecule has 2 aromatic carbocycles. The first-order chi connectivity index (χ1) is 14.1. The molecule has 7 nitrogen and oxygen atoms in total. The number of esters is 1. The molecule has 1 fully saturated rings. The molecule has 0 N–H and O–H groups in total. The Balaban J connectivity index is 1.57. The first-order valence-corrected chi connectivity index (χ1v) is 9.48. The maximum absolute atomic E-state index is 12.3. The smallest absolute Gasteiger partial charge is 0.338 e. The maximum Gasteiger partial charge on any atom is 0.338 e. The van der Waals surface area contributed by atoms with Gasteiger partial charge in [0.1, 0.15) is 6.61 Å². The maximum atomic E-state index is 12.3. The second-order valence-electron chi connectivity index (χ2n) is 6.74. The first-order valence-electron chi connectivity index (χ1n) is 9.48. The van der Waals surface area contributed by atoms with Crippen molar-refractivity contribution in [1.29, 1.82) is 0 Å². The lowest BCUT2D eigenvalue weighted by atomic mass is 10.2. The van der Waals surface area contributed by atoms with Crippen molar-refractivity contribution in [3.63, 3.8) is 0 Å². The van der Waals surface area contributed by atoms with Crippen LogP contribution >= 0.6 is 0 Å². The molecular formula is C22H25NO6. The summed E-state index contributed by atoms with van der Waals surface area (Å²) in [5, 5.41) is 0. The number of methoxy groups -OCH3 is 1. The number of rotatable bonds is 7. The van der Waals surface area contributed by atoms with Crippen LogP contribution in [0.15, 0.2) is 48.5 Å². The SMILES string of the molecule is COc1cc(C(=O)OCC(=O)N2CCOC(C)C2)ccc1OCc1ccccc1. The molecule has 0 aromatic heterocycles. The van der Waals surface area contributed by atoms with Gasteiger partial charge in [0, 0.05) is 13.1 Å². The summed E-state index contributed by atoms with van der Waals surface area (Å²) in [4.78, 5) is 26.2. The van der Waals surface area contributed by atoms with Gasteiger partial charge in [-0.2, -0.15) is 0 Å². The Morgan fingerprint density at radius 3 is 2.66 bits per heavy atom. The largest absolute Gasteiger partial charge is 0.493 e. The monoisotopic (exact) mass is 399 g/mol. The molecule has 1 unspecified atom stereocenters. The van der Waals surface area contributed by atoms with E-state index >= 15 is 0 Å². The number of hydrogen-bond acceptors (Lipinski definition) is 6. The molecule has 1 atom stereocenters. The summed E-state index contributed by atoms with van der Waals surface area (Å²) in [5.41, 5.74) is 1.31. The van der Waals surface area contributed by atoms with E-state index in [4.69, 9.17) is 18.9 Å². The van der Waals surface area contributed by atoms with Crippen LogP contribution in [-0.2, 0) is 20.9 Å². The van der Waals surface area contributed by atoms with E-state index in [0.717, 1.165) is 5.56 Å². The Hall–Kier alpha value is -3.06. The Morgan fingerprint density at radius 2 is 1.93 bits per heavy atom. The molecule has 0 bridgehead atoms. The predicted molar refractivity (Wildman–Crippen MR) is 106 cm³/mol. The van der Waals surface area contributed by atoms with Crippen molar-refractivity contribution in [3.05, 3.63) is 59.7 Å². The first kappa shape index (κ1) is 20.7. The molecular weight excluding hydrogens is 374 g/mol. The van der Waals surface area contributed by atoms with Crippen LogP contribution in [0, 0.1) is 0 Å². The van der Waals surface area contributed by atoms with Gasteiger partial charge >= 0.3 is 5.97 Å². The molecule has 7 heteroatoms. The lowest BCUT2D eigenvalue weighted by Gasteiger charge is -2.30. The average Bonchev–Trinajstić information content (AvgIpc) is 2.76. The van der Waals surface area contributed by atoms with Crippen molar-refractivity contribution >= 4 is 11.9 Å². The molecule has 0 saturated carbocycles. The van der Waals surface area contributed by atoms with Crippen LogP contribution in [0.2, 0.25) is 0 Å². The molecule has 29 heavy (non-hydrogen) atoms. The Bertz CT molecular complexity index is 838. The van der Waals surface area contributed by atoms with Crippen molar-refractivity contribution in [2.45, 2.75) is 19.6 Å². The summed E-state index contributed by atoms with van der Waals surface area (Å²) in [6, 6.07) is 14.5. The summed E-state index contributed by atoms with van der Waals surface area (Å²) >= 11 is 0. The van der Waals surface area contributed by atoms with Gasteiger partial charge in [0.05, 0.1) is 25.4 Å². The van der Waals surface area contributed by atoms with E-state index in [1.807, 2.05) is 37.3 Å². The Kier molecular flexibility index (Phi) is 7.08. The molecule has 1 amide bonds. The molecule has 154 valence electrons. The highest BCUT2D eigenvalue weighted by Crippen LogP contribution is 2.29. The number of amides is 1. The molecule has 1 aliphatic heterocycles. The van der Waals surface area contributed by atoms with E-state index in [9.17, 15) is 9.59 Å². The van der Waals surface area contributed by atoms with Crippen molar-refractivity contribution < 1.29 is 28.5 Å². The summed E-state index contributed by atoms with van der Waals surface area (Å²) in [7, 11) is 1.50. The van der Waals surface area contributed by atoms with Gasteiger partial charge < -0.3 is 23.8 Å². The Morgan fingerprint density at radius 1 is 1.14 bits per heavy atom. The van der Waals surface area contributed by atoms with E-state index in [0.29, 0.717) is 37.8 Å². The molecule has 2 aromatic rings. The molecule has 1 saturated heterocycles. The zero-order chi connectivity index (χ0) is 20.6. The topological polar surface area (TPSA) is 74.3 Å². The lowest BCUT2D eigenvalue weighted by Crippen LogP contribution is -2.46. The van der Waals surface area contributed by atoms with Crippen LogP contribution in [0.5, 0.6) is 11.5 Å². The highest BCUT2D eigenvalue weighted by atomic mass is 16.5. The van der Waals surface area contributed by atoms with Gasteiger partial charge in [0.15, 0.2) is 18.1 Å². The zero-order valence-electron chi connectivity index (χ0n) is 16.6. The van der Waals surface area contributed by atoms with Crippen molar-refractivity contribution in [1.82, 2.24) is 4.90 Å². The third-order valence-corrected chi connectivity index (χ3v) is 4.56. The Labute approximate surface area is 170 Å². The van der Waals surface area contributed by atoms with Gasteiger partial charge in [-0.15, -0.1) is 0 Å². The van der Waals surface area contributed by atoms with Gasteiger partial charge in [0.2, 0.25) is 0 Å². The normalized spacial score (nSPS) is 16.2. The number of carbonyl (C=O) groups excluding carboxylic acids is 2. The van der Waals surface area contributed by atoms with Gasteiger partial charge in [-0.25, -0.2) is 4.79 Å². The fourth-order valence-electron chi connectivity index (χ4n) is 3.00. The zero-order valence-corrected chi connectivity index (χ0v) is 16.6. The standard InChI is InChI=1S/C22H25NO6/c1-16-13-23(10-11-27-16)21(24)15-29-22(25)18-8-9-19(20(12-18)26-2)28-14-17-6-4-3-5-7-17/h3-9,12,16H,10-11,13-15H2,1-2H3. The summed E-state index contributed by atoms with van der Waals surface area (Å²) in [6.45, 7) is 3.47. The fraction of sp³-hybridized carbons (Fsp3) is 0.364. The summed E-state index contributed by atoms with van der Waals surface area (Å²) in [5.74, 6) is 0.117. The fourth-order valence-corrected chi connectivity index (χ4v) is 3.00. The van der Waals surface area contributed by atoms with Gasteiger partial charge in [-0.3, -0.25) is 4.79 Å². The molecule has 0 spiro atoms. The van der Waals surface area contributed by atoms with Gasteiger partial charge in [-0.05, 0) is 30.7 Å². The van der Waals surface area contributed by atoms with Crippen molar-refractivity contribution in [3.8, 4) is 11.5 Å². The number of carbonyl (C=O) groups is 2. The van der Waals surface area contributed by atoms with Crippen LogP contribution in [0.1, 0.15) is 22.8 Å². The molecule has 3 rings (SSSR count). The highest BCUT2D eigenvalue weighted by molar-refractivity contribution is 5.92. The second kappa shape index (κ2) is 9.93. The van der Waals surface area contributed by atoms with Crippen LogP contribution in [0.4, 0.5) is 0 Å². The van der Waals surface area contributed by atoms with Crippen LogP contribution in [0.3, 0.4) is 0 Å². The molecule has 0 radical (unpaired) electrons. The van der Waals surface area contributed by atoms with E-state index in [2.05, 4.69) is 0 Å². The minimum atomic E-state index is -0.590. The molecule has 1 heterocycles. The number of benzene rings is 2. The third-order valence-electron chi connectivity index (χ3n) is 4.56. The minimum Gasteiger partial charge on any atom is -0.493 e. The average molecular weight is 399 g/mol. The van der Waals surface area contributed by atoms with Crippen LogP contribution < -0.4 is 9.47 Å². The summed E-state index contributed by atoms with van der Waals surface area (Å²) in [6.07, 6.45) is -0.0175. The van der Waals surface area contributed by atoms with Crippen molar-refractivity contribution in [2.24, 2.45) is 0 Å². The minimum absolute atomic E-state index is 0.0175. The van der Waals surface area contributed by atoms with E-state index in [-0.39, 0.29) is 24.2 Å². The summed E-state index contributed by atoms with van der Waals surface area (Å²) < 4.78 is 21.7. The van der Waals surface area contributed by atoms with E-state index < -0.39 is 5.97 Å². The van der Waals surface area contributed by atoms with E-state index in [1.54, 1.807) is 23.1 Å². The van der Waals surface area contributed by atoms with Gasteiger partial charge in [0.25, 0.3) is 5.91 Å². The predicted octanol–water partition coefficient (Wildman–Crippen LogP) is 2.68. The number of ether oxygens (including phenoxy) is 4. The number of nitrogens with zero attached hydrogens (tertiary/aromatic N) is 1. The number of morpholine rings is 1. The second-order valence-corrected chi connectivity index (χ2v) is 6.74.